The lowest BCUT2D eigenvalue weighted by atomic mass is 10.3. The maximum absolute atomic E-state index is 12.5. The van der Waals surface area contributed by atoms with Crippen molar-refractivity contribution in [1.82, 2.24) is 24.8 Å². The van der Waals surface area contributed by atoms with Gasteiger partial charge in [0.05, 0.1) is 23.1 Å². The first-order valence-electron chi connectivity index (χ1n) is 7.40. The molecule has 1 aliphatic heterocycles. The molecule has 6 nitrogen and oxygen atoms in total. The highest BCUT2D eigenvalue weighted by molar-refractivity contribution is 7.07. The van der Waals surface area contributed by atoms with Gasteiger partial charge in [0.25, 0.3) is 5.91 Å². The molecule has 0 bridgehead atoms. The fraction of sp³-hybridized carbons (Fsp3) is 0.467. The first kappa shape index (κ1) is 15.1. The second-order valence-corrected chi connectivity index (χ2v) is 6.16. The van der Waals surface area contributed by atoms with Crippen molar-refractivity contribution in [2.24, 2.45) is 0 Å². The lowest BCUT2D eigenvalue weighted by Crippen LogP contribution is -2.35. The molecule has 0 radical (unpaired) electrons. The lowest BCUT2D eigenvalue weighted by molar-refractivity contribution is 0.0754. The summed E-state index contributed by atoms with van der Waals surface area (Å²) >= 11 is 1.62. The Labute approximate surface area is 133 Å². The third kappa shape index (κ3) is 3.66. The third-order valence-corrected chi connectivity index (χ3v) is 4.38. The minimum Gasteiger partial charge on any atom is -0.336 e. The highest BCUT2D eigenvalue weighted by atomic mass is 32.1. The van der Waals surface area contributed by atoms with Gasteiger partial charge in [-0.2, -0.15) is 0 Å². The Morgan fingerprint density at radius 1 is 1.18 bits per heavy atom. The predicted octanol–water partition coefficient (Wildman–Crippen LogP) is 1.59. The Balaban J connectivity index is 1.60. The standard InChI is InChI=1S/C15H19N5OS/c1-12-7-17-14(8-16-12)15(21)20-4-2-3-19(5-6-20)9-13-10-22-11-18-13/h7-8,10-11H,2-6,9H2,1H3. The van der Waals surface area contributed by atoms with Gasteiger partial charge in [-0.05, 0) is 13.3 Å². The van der Waals surface area contributed by atoms with E-state index >= 15 is 0 Å². The Kier molecular flexibility index (Phi) is 4.74. The molecule has 1 saturated heterocycles. The molecule has 0 unspecified atom stereocenters. The topological polar surface area (TPSA) is 62.2 Å². The summed E-state index contributed by atoms with van der Waals surface area (Å²) in [5, 5.41) is 2.08. The maximum Gasteiger partial charge on any atom is 0.274 e. The van der Waals surface area contributed by atoms with Crippen LogP contribution < -0.4 is 0 Å². The molecule has 22 heavy (non-hydrogen) atoms. The first-order valence-corrected chi connectivity index (χ1v) is 8.34. The van der Waals surface area contributed by atoms with Crippen molar-refractivity contribution in [3.63, 3.8) is 0 Å². The molecule has 2 aromatic rings. The molecule has 3 rings (SSSR count). The van der Waals surface area contributed by atoms with Gasteiger partial charge >= 0.3 is 0 Å². The van der Waals surface area contributed by atoms with Crippen LogP contribution in [0.3, 0.4) is 0 Å². The number of hydrogen-bond acceptors (Lipinski definition) is 6. The van der Waals surface area contributed by atoms with Gasteiger partial charge in [-0.3, -0.25) is 14.7 Å². The van der Waals surface area contributed by atoms with Crippen molar-refractivity contribution >= 4 is 17.2 Å². The van der Waals surface area contributed by atoms with Crippen LogP contribution in [0.15, 0.2) is 23.3 Å². The minimum atomic E-state index is -0.0250. The molecule has 0 N–H and O–H groups in total. The van der Waals surface area contributed by atoms with Gasteiger partial charge in [-0.1, -0.05) is 0 Å². The number of aromatic nitrogens is 3. The van der Waals surface area contributed by atoms with E-state index in [1.165, 1.54) is 0 Å². The summed E-state index contributed by atoms with van der Waals surface area (Å²) in [5.74, 6) is -0.0250. The molecule has 0 aromatic carbocycles. The number of nitrogens with zero attached hydrogens (tertiary/aromatic N) is 5. The Bertz CT molecular complexity index is 613. The fourth-order valence-corrected chi connectivity index (χ4v) is 3.09. The van der Waals surface area contributed by atoms with Crippen LogP contribution in [0.5, 0.6) is 0 Å². The maximum atomic E-state index is 12.5. The monoisotopic (exact) mass is 317 g/mol. The van der Waals surface area contributed by atoms with Crippen LogP contribution in [0.4, 0.5) is 0 Å². The summed E-state index contributed by atoms with van der Waals surface area (Å²) in [6, 6.07) is 0. The largest absolute Gasteiger partial charge is 0.336 e. The zero-order valence-corrected chi connectivity index (χ0v) is 13.4. The number of aryl methyl sites for hydroxylation is 1. The summed E-state index contributed by atoms with van der Waals surface area (Å²) in [5.41, 5.74) is 4.22. The van der Waals surface area contributed by atoms with Gasteiger partial charge < -0.3 is 4.90 Å². The van der Waals surface area contributed by atoms with E-state index in [4.69, 9.17) is 0 Å². The molecular formula is C15H19N5OS. The van der Waals surface area contributed by atoms with Crippen LogP contribution in [-0.4, -0.2) is 56.8 Å². The van der Waals surface area contributed by atoms with E-state index in [0.717, 1.165) is 50.5 Å². The number of thiazole rings is 1. The van der Waals surface area contributed by atoms with Gasteiger partial charge in [-0.25, -0.2) is 9.97 Å². The number of carbonyl (C=O) groups is 1. The van der Waals surface area contributed by atoms with Crippen LogP contribution in [0.1, 0.15) is 28.3 Å². The van der Waals surface area contributed by atoms with Crippen LogP contribution in [0, 0.1) is 6.92 Å². The van der Waals surface area contributed by atoms with Crippen molar-refractivity contribution < 1.29 is 4.79 Å². The summed E-state index contributed by atoms with van der Waals surface area (Å²) in [4.78, 5) is 29.4. The Hall–Kier alpha value is -1.86. The molecule has 116 valence electrons. The number of carbonyl (C=O) groups excluding carboxylic acids is 1. The van der Waals surface area contributed by atoms with E-state index in [9.17, 15) is 4.79 Å². The second kappa shape index (κ2) is 6.93. The average Bonchev–Trinajstić information content (AvgIpc) is 2.92. The van der Waals surface area contributed by atoms with Crippen molar-refractivity contribution in [3.05, 3.63) is 40.4 Å². The van der Waals surface area contributed by atoms with Gasteiger partial charge in [0.2, 0.25) is 0 Å². The quantitative estimate of drug-likeness (QED) is 0.860. The second-order valence-electron chi connectivity index (χ2n) is 5.44. The van der Waals surface area contributed by atoms with E-state index in [1.54, 1.807) is 23.7 Å². The SMILES string of the molecule is Cc1cnc(C(=O)N2CCCN(Cc3cscn3)CC2)cn1. The lowest BCUT2D eigenvalue weighted by Gasteiger charge is -2.21. The molecule has 1 amide bonds. The first-order chi connectivity index (χ1) is 10.7. The summed E-state index contributed by atoms with van der Waals surface area (Å²) in [6.45, 7) is 6.06. The molecule has 0 atom stereocenters. The van der Waals surface area contributed by atoms with E-state index in [-0.39, 0.29) is 5.91 Å². The molecule has 1 fully saturated rings. The molecular weight excluding hydrogens is 298 g/mol. The van der Waals surface area contributed by atoms with Crippen LogP contribution in [0.2, 0.25) is 0 Å². The van der Waals surface area contributed by atoms with Gasteiger partial charge in [0.1, 0.15) is 5.69 Å². The zero-order valence-electron chi connectivity index (χ0n) is 12.6. The Morgan fingerprint density at radius 2 is 2.09 bits per heavy atom. The normalized spacial score (nSPS) is 16.5. The fourth-order valence-electron chi connectivity index (χ4n) is 2.54. The van der Waals surface area contributed by atoms with Gasteiger partial charge in [0, 0.05) is 44.3 Å². The molecule has 1 aliphatic rings. The summed E-state index contributed by atoms with van der Waals surface area (Å²) in [6.07, 6.45) is 4.17. The number of rotatable bonds is 3. The predicted molar refractivity (Wildman–Crippen MR) is 84.7 cm³/mol. The van der Waals surface area contributed by atoms with Crippen LogP contribution in [0.25, 0.3) is 0 Å². The smallest absolute Gasteiger partial charge is 0.274 e. The number of amides is 1. The third-order valence-electron chi connectivity index (χ3n) is 3.74. The highest BCUT2D eigenvalue weighted by Gasteiger charge is 2.21. The number of hydrogen-bond donors (Lipinski definition) is 0. The van der Waals surface area contributed by atoms with Gasteiger partial charge in [0.15, 0.2) is 0 Å². The van der Waals surface area contributed by atoms with Crippen LogP contribution in [-0.2, 0) is 6.54 Å². The highest BCUT2D eigenvalue weighted by Crippen LogP contribution is 2.11. The summed E-state index contributed by atoms with van der Waals surface area (Å²) in [7, 11) is 0. The van der Waals surface area contributed by atoms with E-state index in [2.05, 4.69) is 25.2 Å². The van der Waals surface area contributed by atoms with E-state index in [1.807, 2.05) is 17.3 Å². The molecule has 0 saturated carbocycles. The van der Waals surface area contributed by atoms with E-state index in [0.29, 0.717) is 5.69 Å². The zero-order chi connectivity index (χ0) is 15.4. The van der Waals surface area contributed by atoms with Crippen molar-refractivity contribution in [1.29, 1.82) is 0 Å². The average molecular weight is 317 g/mol. The van der Waals surface area contributed by atoms with Crippen molar-refractivity contribution in [2.75, 3.05) is 26.2 Å². The molecule has 0 spiro atoms. The molecule has 0 aliphatic carbocycles. The minimum absolute atomic E-state index is 0.0250. The molecule has 2 aromatic heterocycles. The van der Waals surface area contributed by atoms with E-state index < -0.39 is 0 Å². The van der Waals surface area contributed by atoms with Crippen LogP contribution >= 0.6 is 11.3 Å². The van der Waals surface area contributed by atoms with Crippen molar-refractivity contribution in [3.8, 4) is 0 Å². The Morgan fingerprint density at radius 3 is 2.82 bits per heavy atom. The summed E-state index contributed by atoms with van der Waals surface area (Å²) < 4.78 is 0. The van der Waals surface area contributed by atoms with Crippen molar-refractivity contribution in [2.45, 2.75) is 19.9 Å². The molecule has 7 heteroatoms. The molecule has 3 heterocycles. The van der Waals surface area contributed by atoms with Gasteiger partial charge in [-0.15, -0.1) is 11.3 Å².